The fourth-order valence-electron chi connectivity index (χ4n) is 2.03. The zero-order valence-corrected chi connectivity index (χ0v) is 10.7. The normalized spacial score (nSPS) is 11.6. The third-order valence-corrected chi connectivity index (χ3v) is 2.89. The van der Waals surface area contributed by atoms with Gasteiger partial charge in [0.1, 0.15) is 12.7 Å². The van der Waals surface area contributed by atoms with Gasteiger partial charge in [0, 0.05) is 0 Å². The Hall–Kier alpha value is -2.64. The van der Waals surface area contributed by atoms with Gasteiger partial charge >= 0.3 is 5.97 Å². The van der Waals surface area contributed by atoms with E-state index in [2.05, 4.69) is 0 Å². The maximum Gasteiger partial charge on any atom is 0.336 e. The molecule has 1 unspecified atom stereocenters. The first-order chi connectivity index (χ1) is 9.74. The summed E-state index contributed by atoms with van der Waals surface area (Å²) in [4.78, 5) is 11.3. The smallest absolute Gasteiger partial charge is 0.336 e. The Morgan fingerprint density at radius 1 is 1.15 bits per heavy atom. The van der Waals surface area contributed by atoms with E-state index in [1.54, 1.807) is 18.2 Å². The highest BCUT2D eigenvalue weighted by molar-refractivity contribution is 5.89. The number of carbonyl (C=O) groups is 1. The van der Waals surface area contributed by atoms with Crippen LogP contribution in [-0.4, -0.2) is 17.7 Å². The van der Waals surface area contributed by atoms with Crippen LogP contribution in [0.3, 0.4) is 0 Å². The number of nitriles is 1. The average molecular weight is 267 g/mol. The first-order valence-corrected chi connectivity index (χ1v) is 6.09. The molecule has 0 heterocycles. The molecule has 0 bridgehead atoms. The molecule has 2 aromatic carbocycles. The summed E-state index contributed by atoms with van der Waals surface area (Å²) < 4.78 is 5.53. The molecule has 0 aliphatic heterocycles. The van der Waals surface area contributed by atoms with Crippen molar-refractivity contribution in [2.24, 2.45) is 0 Å². The molecule has 0 aromatic heterocycles. The molecule has 100 valence electrons. The molecule has 0 spiro atoms. The highest BCUT2D eigenvalue weighted by Crippen LogP contribution is 2.28. The van der Waals surface area contributed by atoms with Gasteiger partial charge in [-0.05, 0) is 17.2 Å². The second-order valence-corrected chi connectivity index (χ2v) is 4.15. The van der Waals surface area contributed by atoms with Crippen LogP contribution in [0.1, 0.15) is 27.6 Å². The van der Waals surface area contributed by atoms with Gasteiger partial charge in [0.05, 0.1) is 11.6 Å². The lowest BCUT2D eigenvalue weighted by Crippen LogP contribution is -2.12. The standard InChI is InChI=1S/C16H13NO3/c17-10-11-20-15(12-6-2-1-3-7-12)13-8-4-5-9-14(13)16(18)19/h1-9,15H,11H2,(H,18,19). The van der Waals surface area contributed by atoms with E-state index in [4.69, 9.17) is 10.00 Å². The number of benzene rings is 2. The average Bonchev–Trinajstić information content (AvgIpc) is 2.49. The van der Waals surface area contributed by atoms with E-state index < -0.39 is 12.1 Å². The lowest BCUT2D eigenvalue weighted by Gasteiger charge is -2.19. The second-order valence-electron chi connectivity index (χ2n) is 4.15. The molecule has 0 saturated heterocycles. The van der Waals surface area contributed by atoms with Crippen molar-refractivity contribution in [1.82, 2.24) is 0 Å². The van der Waals surface area contributed by atoms with E-state index in [9.17, 15) is 9.90 Å². The van der Waals surface area contributed by atoms with Gasteiger partial charge in [-0.25, -0.2) is 4.79 Å². The number of hydrogen-bond acceptors (Lipinski definition) is 3. The van der Waals surface area contributed by atoms with E-state index in [1.165, 1.54) is 6.07 Å². The Morgan fingerprint density at radius 2 is 1.80 bits per heavy atom. The predicted molar refractivity (Wildman–Crippen MR) is 73.3 cm³/mol. The summed E-state index contributed by atoms with van der Waals surface area (Å²) in [5, 5.41) is 18.0. The predicted octanol–water partition coefficient (Wildman–Crippen LogP) is 3.01. The van der Waals surface area contributed by atoms with E-state index in [-0.39, 0.29) is 12.2 Å². The summed E-state index contributed by atoms with van der Waals surface area (Å²) in [7, 11) is 0. The summed E-state index contributed by atoms with van der Waals surface area (Å²) in [6, 6.07) is 17.8. The van der Waals surface area contributed by atoms with Crippen LogP contribution in [0, 0.1) is 11.3 Å². The van der Waals surface area contributed by atoms with Crippen LogP contribution < -0.4 is 0 Å². The Balaban J connectivity index is 2.47. The largest absolute Gasteiger partial charge is 0.478 e. The maximum atomic E-state index is 11.3. The fraction of sp³-hybridized carbons (Fsp3) is 0.125. The van der Waals surface area contributed by atoms with Crippen molar-refractivity contribution in [1.29, 1.82) is 5.26 Å². The number of aromatic carboxylic acids is 1. The Bertz CT molecular complexity index is 632. The van der Waals surface area contributed by atoms with E-state index in [1.807, 2.05) is 36.4 Å². The first-order valence-electron chi connectivity index (χ1n) is 6.09. The number of nitrogens with zero attached hydrogens (tertiary/aromatic N) is 1. The number of rotatable bonds is 5. The van der Waals surface area contributed by atoms with Crippen molar-refractivity contribution in [2.75, 3.05) is 6.61 Å². The number of ether oxygens (including phenoxy) is 1. The quantitative estimate of drug-likeness (QED) is 0.904. The van der Waals surface area contributed by atoms with Crippen molar-refractivity contribution in [3.8, 4) is 6.07 Å². The fourth-order valence-corrected chi connectivity index (χ4v) is 2.03. The molecule has 2 rings (SSSR count). The van der Waals surface area contributed by atoms with Gasteiger partial charge in [-0.15, -0.1) is 0 Å². The van der Waals surface area contributed by atoms with Crippen LogP contribution >= 0.6 is 0 Å². The molecule has 4 heteroatoms. The zero-order valence-electron chi connectivity index (χ0n) is 10.7. The summed E-state index contributed by atoms with van der Waals surface area (Å²) in [6.07, 6.45) is -0.567. The van der Waals surface area contributed by atoms with Crippen molar-refractivity contribution in [3.05, 3.63) is 71.3 Å². The lowest BCUT2D eigenvalue weighted by atomic mass is 9.96. The molecule has 0 fully saturated rings. The molecule has 2 aromatic rings. The van der Waals surface area contributed by atoms with Gasteiger partial charge < -0.3 is 9.84 Å². The third-order valence-electron chi connectivity index (χ3n) is 2.89. The van der Waals surface area contributed by atoms with Crippen LogP contribution in [0.25, 0.3) is 0 Å². The monoisotopic (exact) mass is 267 g/mol. The molecule has 0 radical (unpaired) electrons. The molecular weight excluding hydrogens is 254 g/mol. The van der Waals surface area contributed by atoms with Gasteiger partial charge in [-0.3, -0.25) is 0 Å². The zero-order chi connectivity index (χ0) is 14.4. The van der Waals surface area contributed by atoms with E-state index >= 15 is 0 Å². The van der Waals surface area contributed by atoms with Crippen LogP contribution in [0.15, 0.2) is 54.6 Å². The number of hydrogen-bond donors (Lipinski definition) is 1. The van der Waals surface area contributed by atoms with Gasteiger partial charge in [-0.2, -0.15) is 5.26 Å². The molecule has 1 N–H and O–H groups in total. The molecule has 0 aliphatic rings. The summed E-state index contributed by atoms with van der Waals surface area (Å²) in [5.41, 5.74) is 1.54. The van der Waals surface area contributed by atoms with E-state index in [0.717, 1.165) is 5.56 Å². The highest BCUT2D eigenvalue weighted by Gasteiger charge is 2.20. The minimum Gasteiger partial charge on any atom is -0.478 e. The molecular formula is C16H13NO3. The second kappa shape index (κ2) is 6.50. The molecule has 0 saturated carbocycles. The lowest BCUT2D eigenvalue weighted by molar-refractivity contribution is 0.0681. The van der Waals surface area contributed by atoms with Crippen molar-refractivity contribution < 1.29 is 14.6 Å². The third kappa shape index (κ3) is 3.02. The van der Waals surface area contributed by atoms with E-state index in [0.29, 0.717) is 5.56 Å². The SMILES string of the molecule is N#CCOC(c1ccccc1)c1ccccc1C(=O)O. The topological polar surface area (TPSA) is 70.3 Å². The van der Waals surface area contributed by atoms with Gasteiger partial charge in [0.15, 0.2) is 0 Å². The Kier molecular flexibility index (Phi) is 4.48. The minimum absolute atomic E-state index is 0.104. The van der Waals surface area contributed by atoms with Crippen molar-refractivity contribution in [3.63, 3.8) is 0 Å². The Labute approximate surface area is 116 Å². The Morgan fingerprint density at radius 3 is 2.45 bits per heavy atom. The van der Waals surface area contributed by atoms with Crippen molar-refractivity contribution >= 4 is 5.97 Å². The molecule has 1 atom stereocenters. The first kappa shape index (κ1) is 13.8. The summed E-state index contributed by atoms with van der Waals surface area (Å²) in [5.74, 6) is -1.01. The highest BCUT2D eigenvalue weighted by atomic mass is 16.5. The molecule has 0 aliphatic carbocycles. The van der Waals surface area contributed by atoms with Crippen LogP contribution in [0.4, 0.5) is 0 Å². The summed E-state index contributed by atoms with van der Waals surface area (Å²) in [6.45, 7) is -0.104. The maximum absolute atomic E-state index is 11.3. The van der Waals surface area contributed by atoms with Gasteiger partial charge in [0.25, 0.3) is 0 Å². The molecule has 20 heavy (non-hydrogen) atoms. The van der Waals surface area contributed by atoms with Crippen molar-refractivity contribution in [2.45, 2.75) is 6.10 Å². The van der Waals surface area contributed by atoms with Gasteiger partial charge in [0.2, 0.25) is 0 Å². The van der Waals surface area contributed by atoms with Crippen LogP contribution in [-0.2, 0) is 4.74 Å². The molecule has 4 nitrogen and oxygen atoms in total. The minimum atomic E-state index is -1.01. The number of carboxylic acids is 1. The van der Waals surface area contributed by atoms with Gasteiger partial charge in [-0.1, -0.05) is 48.5 Å². The number of carboxylic acid groups (broad SMARTS) is 1. The van der Waals surface area contributed by atoms with Crippen LogP contribution in [0.2, 0.25) is 0 Å². The summed E-state index contributed by atoms with van der Waals surface area (Å²) >= 11 is 0. The van der Waals surface area contributed by atoms with Crippen LogP contribution in [0.5, 0.6) is 0 Å². The molecule has 0 amide bonds.